The number of nitrogens with one attached hydrogen (secondary N) is 1. The van der Waals surface area contributed by atoms with Crippen molar-refractivity contribution in [2.24, 2.45) is 11.3 Å². The number of rotatable bonds is 3. The van der Waals surface area contributed by atoms with Gasteiger partial charge in [0.2, 0.25) is 0 Å². The van der Waals surface area contributed by atoms with E-state index in [1.54, 1.807) is 12.1 Å². The first-order valence-corrected chi connectivity index (χ1v) is 10.8. The first kappa shape index (κ1) is 23.0. The number of piperidine rings is 1. The fourth-order valence-corrected chi connectivity index (χ4v) is 4.75. The summed E-state index contributed by atoms with van der Waals surface area (Å²) in [6.07, 6.45) is 1.36. The Hall–Kier alpha value is -2.64. The highest BCUT2D eigenvalue weighted by molar-refractivity contribution is 5.95. The Morgan fingerprint density at radius 2 is 1.87 bits per heavy atom. The van der Waals surface area contributed by atoms with Crippen LogP contribution in [0.4, 0.5) is 10.6 Å². The van der Waals surface area contributed by atoms with E-state index in [-0.39, 0.29) is 23.2 Å². The van der Waals surface area contributed by atoms with E-state index in [0.29, 0.717) is 43.7 Å². The number of carbonyl (C=O) groups excluding carboxylic acids is 3. The molecule has 0 bridgehead atoms. The van der Waals surface area contributed by atoms with E-state index in [9.17, 15) is 14.4 Å². The number of esters is 1. The molecule has 8 nitrogen and oxygen atoms in total. The van der Waals surface area contributed by atoms with Crippen LogP contribution in [-0.2, 0) is 14.3 Å². The Kier molecular flexibility index (Phi) is 6.30. The van der Waals surface area contributed by atoms with Crippen molar-refractivity contribution in [3.05, 3.63) is 23.4 Å². The van der Waals surface area contributed by atoms with E-state index < -0.39 is 17.7 Å². The fraction of sp³-hybridized carbons (Fsp3) is 0.652. The number of ether oxygens (including phenoxy) is 2. The molecule has 1 aliphatic carbocycles. The molecule has 1 amide bonds. The summed E-state index contributed by atoms with van der Waals surface area (Å²) < 4.78 is 10.4. The van der Waals surface area contributed by atoms with Crippen molar-refractivity contribution in [2.45, 2.75) is 65.5 Å². The molecule has 8 heteroatoms. The maximum Gasteiger partial charge on any atom is 0.407 e. The zero-order valence-corrected chi connectivity index (χ0v) is 19.3. The van der Waals surface area contributed by atoms with Crippen molar-refractivity contribution < 1.29 is 23.9 Å². The van der Waals surface area contributed by atoms with Crippen LogP contribution in [0.5, 0.6) is 0 Å². The Balaban J connectivity index is 1.79. The third-order valence-electron chi connectivity index (χ3n) is 6.34. The van der Waals surface area contributed by atoms with Crippen LogP contribution in [0.15, 0.2) is 12.1 Å². The number of aryl methyl sites for hydroxylation is 1. The van der Waals surface area contributed by atoms with Crippen LogP contribution in [0.25, 0.3) is 0 Å². The van der Waals surface area contributed by atoms with Crippen molar-refractivity contribution in [1.82, 2.24) is 10.3 Å². The normalized spacial score (nSPS) is 23.0. The number of carbonyl (C=O) groups is 3. The molecule has 1 N–H and O–H groups in total. The van der Waals surface area contributed by atoms with Crippen LogP contribution in [0.2, 0.25) is 0 Å². The predicted octanol–water partition coefficient (Wildman–Crippen LogP) is 3.27. The van der Waals surface area contributed by atoms with E-state index >= 15 is 0 Å². The molecular weight excluding hydrogens is 398 g/mol. The van der Waals surface area contributed by atoms with Gasteiger partial charge in [0.1, 0.15) is 22.8 Å². The standard InChI is InChI=1S/C23H33N3O5/c1-14-7-8-16(20(28)30-6)19(24-14)26-11-9-23(10-12-26)13-17(27)15(2)18(23)25-21(29)31-22(3,4)5/h7-8,15,18H,9-13H2,1-6H3,(H,25,29)/t15-,18+/m1/s1. The number of nitrogens with zero attached hydrogens (tertiary/aromatic N) is 2. The summed E-state index contributed by atoms with van der Waals surface area (Å²) in [5, 5.41) is 2.99. The first-order chi connectivity index (χ1) is 14.5. The molecule has 0 unspecified atom stereocenters. The Bertz CT molecular complexity index is 868. The van der Waals surface area contributed by atoms with Crippen molar-refractivity contribution in [2.75, 3.05) is 25.1 Å². The second kappa shape index (κ2) is 8.48. The lowest BCUT2D eigenvalue weighted by molar-refractivity contribution is -0.120. The number of amides is 1. The quantitative estimate of drug-likeness (QED) is 0.734. The number of methoxy groups -OCH3 is 1. The number of hydrogen-bond donors (Lipinski definition) is 1. The Morgan fingerprint density at radius 1 is 1.23 bits per heavy atom. The number of alkyl carbamates (subject to hydrolysis) is 1. The van der Waals surface area contributed by atoms with E-state index in [4.69, 9.17) is 9.47 Å². The molecule has 1 spiro atoms. The van der Waals surface area contributed by atoms with Gasteiger partial charge in [-0.1, -0.05) is 6.92 Å². The first-order valence-electron chi connectivity index (χ1n) is 10.8. The molecule has 1 aromatic heterocycles. The maximum atomic E-state index is 12.6. The zero-order chi connectivity index (χ0) is 23.0. The van der Waals surface area contributed by atoms with Gasteiger partial charge >= 0.3 is 12.1 Å². The van der Waals surface area contributed by atoms with Crippen LogP contribution >= 0.6 is 0 Å². The van der Waals surface area contributed by atoms with Crippen LogP contribution in [0.3, 0.4) is 0 Å². The third kappa shape index (κ3) is 4.83. The molecule has 1 saturated heterocycles. The highest BCUT2D eigenvalue weighted by Gasteiger charge is 2.53. The van der Waals surface area contributed by atoms with Crippen LogP contribution in [-0.4, -0.2) is 54.7 Å². The SMILES string of the molecule is COC(=O)c1ccc(C)nc1N1CCC2(CC1)CC(=O)[C@@H](C)[C@@H]2NC(=O)OC(C)(C)C. The van der Waals surface area contributed by atoms with Crippen LogP contribution in [0, 0.1) is 18.3 Å². The van der Waals surface area contributed by atoms with Crippen molar-refractivity contribution >= 4 is 23.7 Å². The van der Waals surface area contributed by atoms with Gasteiger partial charge in [-0.2, -0.15) is 0 Å². The summed E-state index contributed by atoms with van der Waals surface area (Å²) >= 11 is 0. The van der Waals surface area contributed by atoms with Gasteiger partial charge in [-0.15, -0.1) is 0 Å². The topological polar surface area (TPSA) is 97.8 Å². The van der Waals surface area contributed by atoms with Gasteiger partial charge in [0, 0.05) is 42.6 Å². The van der Waals surface area contributed by atoms with E-state index in [1.165, 1.54) is 7.11 Å². The molecule has 170 valence electrons. The van der Waals surface area contributed by atoms with Gasteiger partial charge in [-0.25, -0.2) is 14.6 Å². The summed E-state index contributed by atoms with van der Waals surface area (Å²) in [7, 11) is 1.36. The molecule has 0 aromatic carbocycles. The van der Waals surface area contributed by atoms with E-state index in [0.717, 1.165) is 5.69 Å². The van der Waals surface area contributed by atoms with Gasteiger partial charge < -0.3 is 19.7 Å². The predicted molar refractivity (Wildman–Crippen MR) is 116 cm³/mol. The highest BCUT2D eigenvalue weighted by Crippen LogP contribution is 2.48. The third-order valence-corrected chi connectivity index (χ3v) is 6.34. The van der Waals surface area contributed by atoms with Gasteiger partial charge in [0.15, 0.2) is 0 Å². The Morgan fingerprint density at radius 3 is 2.45 bits per heavy atom. The minimum absolute atomic E-state index is 0.165. The number of anilines is 1. The lowest BCUT2D eigenvalue weighted by Crippen LogP contribution is -2.53. The average molecular weight is 432 g/mol. The molecule has 3 rings (SSSR count). The van der Waals surface area contributed by atoms with Gasteiger partial charge in [-0.05, 0) is 52.7 Å². The number of aromatic nitrogens is 1. The second-order valence-electron chi connectivity index (χ2n) is 9.72. The van der Waals surface area contributed by atoms with Crippen molar-refractivity contribution in [3.8, 4) is 0 Å². The van der Waals surface area contributed by atoms with Crippen molar-refractivity contribution in [3.63, 3.8) is 0 Å². The lowest BCUT2D eigenvalue weighted by atomic mass is 9.73. The molecule has 1 saturated carbocycles. The highest BCUT2D eigenvalue weighted by atomic mass is 16.6. The van der Waals surface area contributed by atoms with Crippen LogP contribution in [0.1, 0.15) is 63.0 Å². The minimum Gasteiger partial charge on any atom is -0.465 e. The average Bonchev–Trinajstić information content (AvgIpc) is 2.90. The summed E-state index contributed by atoms with van der Waals surface area (Å²) in [5.74, 6) is 0.0906. The van der Waals surface area contributed by atoms with E-state index in [1.807, 2.05) is 34.6 Å². The molecule has 2 heterocycles. The van der Waals surface area contributed by atoms with Gasteiger partial charge in [-0.3, -0.25) is 4.79 Å². The molecule has 2 atom stereocenters. The van der Waals surface area contributed by atoms with E-state index in [2.05, 4.69) is 15.2 Å². The number of Topliss-reactive ketones (excluding diaryl/α,β-unsaturated/α-hetero) is 1. The molecule has 31 heavy (non-hydrogen) atoms. The maximum absolute atomic E-state index is 12.6. The summed E-state index contributed by atoms with van der Waals surface area (Å²) in [5.41, 5.74) is 0.327. The second-order valence-corrected chi connectivity index (χ2v) is 9.72. The summed E-state index contributed by atoms with van der Waals surface area (Å²) in [6.45, 7) is 10.5. The molecule has 2 fully saturated rings. The largest absolute Gasteiger partial charge is 0.465 e. The monoisotopic (exact) mass is 431 g/mol. The molecule has 1 aromatic rings. The smallest absolute Gasteiger partial charge is 0.407 e. The number of pyridine rings is 1. The lowest BCUT2D eigenvalue weighted by Gasteiger charge is -2.44. The van der Waals surface area contributed by atoms with Gasteiger partial charge in [0.25, 0.3) is 0 Å². The Labute approximate surface area is 183 Å². The molecule has 1 aliphatic heterocycles. The minimum atomic E-state index is -0.604. The fourth-order valence-electron chi connectivity index (χ4n) is 4.75. The van der Waals surface area contributed by atoms with Gasteiger partial charge in [0.05, 0.1) is 7.11 Å². The summed E-state index contributed by atoms with van der Waals surface area (Å²) in [4.78, 5) is 44.0. The number of ketones is 1. The molecule has 2 aliphatic rings. The van der Waals surface area contributed by atoms with Crippen LogP contribution < -0.4 is 10.2 Å². The molecular formula is C23H33N3O5. The zero-order valence-electron chi connectivity index (χ0n) is 19.3. The molecule has 0 radical (unpaired) electrons. The van der Waals surface area contributed by atoms with Crippen molar-refractivity contribution in [1.29, 1.82) is 0 Å². The number of hydrogen-bond acceptors (Lipinski definition) is 7. The summed E-state index contributed by atoms with van der Waals surface area (Å²) in [6, 6.07) is 3.25.